The summed E-state index contributed by atoms with van der Waals surface area (Å²) in [5, 5.41) is 17.9. The predicted molar refractivity (Wildman–Crippen MR) is 10.0 cm³/mol. The number of rotatable bonds is 0. The average molecular weight is 200 g/mol. The molecule has 0 bridgehead atoms. The van der Waals surface area contributed by atoms with E-state index >= 15 is 0 Å². The molecule has 0 rings (SSSR count). The number of hydrogen-bond acceptors (Lipinski definition) is 4. The van der Waals surface area contributed by atoms with Gasteiger partial charge in [0, 0.05) is 0 Å². The van der Waals surface area contributed by atoms with Crippen LogP contribution in [-0.4, -0.2) is 11.9 Å². The summed E-state index contributed by atoms with van der Waals surface area (Å²) in [6.07, 6.45) is 0. The molecule has 0 aliphatic rings. The third-order valence-corrected chi connectivity index (χ3v) is 0.167. The van der Waals surface area contributed by atoms with Crippen molar-refractivity contribution in [1.29, 1.82) is 0 Å². The number of carboxylic acid groups (broad SMARTS) is 2. The Morgan fingerprint density at radius 1 is 0.875 bits per heavy atom. The van der Waals surface area contributed by atoms with Gasteiger partial charge in [0.15, 0.2) is 0 Å². The van der Waals surface area contributed by atoms with Crippen molar-refractivity contribution in [1.82, 2.24) is 0 Å². The van der Waals surface area contributed by atoms with Crippen molar-refractivity contribution in [2.75, 3.05) is 0 Å². The molecule has 0 spiro atoms. The molecule has 0 heterocycles. The topological polar surface area (TPSA) is 80.3 Å². The molecule has 0 aliphatic heterocycles. The normalized spacial score (nSPS) is 5.50. The second-order valence-electron chi connectivity index (χ2n) is 0.575. The van der Waals surface area contributed by atoms with E-state index < -0.39 is 11.9 Å². The van der Waals surface area contributed by atoms with Crippen molar-refractivity contribution in [2.24, 2.45) is 0 Å². The molecular formula is C2Fe2O4. The van der Waals surface area contributed by atoms with E-state index in [1.807, 2.05) is 0 Å². The second kappa shape index (κ2) is 6.98. The number of hydrogen-bond donors (Lipinski definition) is 0. The van der Waals surface area contributed by atoms with Gasteiger partial charge in [0.2, 0.25) is 0 Å². The van der Waals surface area contributed by atoms with Crippen LogP contribution in [0.2, 0.25) is 0 Å². The van der Waals surface area contributed by atoms with E-state index in [4.69, 9.17) is 19.8 Å². The van der Waals surface area contributed by atoms with E-state index in [1.165, 1.54) is 0 Å². The van der Waals surface area contributed by atoms with Crippen LogP contribution in [0.1, 0.15) is 0 Å². The van der Waals surface area contributed by atoms with Crippen molar-refractivity contribution in [3.05, 3.63) is 0 Å². The molecule has 0 atom stereocenters. The smallest absolute Gasteiger partial charge is 0.543 e. The first kappa shape index (κ1) is 15.7. The maximum atomic E-state index is 8.93. The maximum absolute atomic E-state index is 8.93. The molecule has 0 aliphatic carbocycles. The molecule has 0 N–H and O–H groups in total. The summed E-state index contributed by atoms with van der Waals surface area (Å²) >= 11 is 0. The van der Waals surface area contributed by atoms with Crippen LogP contribution in [0.25, 0.3) is 0 Å². The van der Waals surface area contributed by atoms with E-state index in [9.17, 15) is 0 Å². The van der Waals surface area contributed by atoms with Gasteiger partial charge in [-0.05, 0) is 0 Å². The molecule has 6 heteroatoms. The first-order chi connectivity index (χ1) is 2.64. The summed E-state index contributed by atoms with van der Waals surface area (Å²) < 4.78 is 0. The zero-order chi connectivity index (χ0) is 5.15. The molecule has 0 saturated carbocycles. The first-order valence-corrected chi connectivity index (χ1v) is 1.07. The molecule has 0 fully saturated rings. The fourth-order valence-electron chi connectivity index (χ4n) is 0. The fourth-order valence-corrected chi connectivity index (χ4v) is 0. The number of carboxylic acids is 2. The first-order valence-electron chi connectivity index (χ1n) is 1.07. The summed E-state index contributed by atoms with van der Waals surface area (Å²) in [5.41, 5.74) is 0. The molecule has 4 nitrogen and oxygen atoms in total. The van der Waals surface area contributed by atoms with Crippen LogP contribution in [0.15, 0.2) is 0 Å². The Bertz CT molecular complexity index is 78.0. The van der Waals surface area contributed by atoms with Crippen LogP contribution in [0.3, 0.4) is 0 Å². The van der Waals surface area contributed by atoms with Crippen LogP contribution >= 0.6 is 0 Å². The summed E-state index contributed by atoms with van der Waals surface area (Å²) in [5.74, 6) is -4.37. The number of carbonyl (C=O) groups is 2. The molecular weight excluding hydrogens is 200 g/mol. The van der Waals surface area contributed by atoms with Crippen LogP contribution in [-0.2, 0) is 43.7 Å². The van der Waals surface area contributed by atoms with Crippen molar-refractivity contribution in [2.45, 2.75) is 0 Å². The Labute approximate surface area is 66.2 Å². The van der Waals surface area contributed by atoms with E-state index in [0.29, 0.717) is 0 Å². The minimum atomic E-state index is -2.19. The fraction of sp³-hybridized carbons (Fsp3) is 0. The Hall–Kier alpha value is -0.0210. The maximum Gasteiger partial charge on any atom is 1.00 e. The third kappa shape index (κ3) is 9.36. The zero-order valence-electron chi connectivity index (χ0n) is 3.34. The predicted octanol–water partition coefficient (Wildman–Crippen LogP) is -3.52. The molecule has 0 amide bonds. The number of aliphatic carboxylic acids is 2. The Morgan fingerprint density at radius 2 is 1.00 bits per heavy atom. The summed E-state index contributed by atoms with van der Waals surface area (Å²) in [6, 6.07) is 0. The SMILES string of the molecule is O=C([O-])C(=O)[O-].[Fe+].[Fe+]. The Morgan fingerprint density at radius 3 is 1.00 bits per heavy atom. The van der Waals surface area contributed by atoms with Gasteiger partial charge in [0.1, 0.15) is 0 Å². The molecule has 0 aromatic heterocycles. The molecule has 0 aromatic carbocycles. The number of carbonyl (C=O) groups excluding carboxylic acids is 2. The van der Waals surface area contributed by atoms with E-state index in [-0.39, 0.29) is 34.1 Å². The van der Waals surface area contributed by atoms with Gasteiger partial charge in [-0.3, -0.25) is 0 Å². The van der Waals surface area contributed by atoms with Gasteiger partial charge in [0.05, 0.1) is 11.9 Å². The minimum Gasteiger partial charge on any atom is -0.543 e. The zero-order valence-corrected chi connectivity index (χ0v) is 5.55. The van der Waals surface area contributed by atoms with Crippen LogP contribution in [0.4, 0.5) is 0 Å². The summed E-state index contributed by atoms with van der Waals surface area (Å²) in [7, 11) is 0. The van der Waals surface area contributed by atoms with Crippen LogP contribution in [0.5, 0.6) is 0 Å². The summed E-state index contributed by atoms with van der Waals surface area (Å²) in [4.78, 5) is 17.9. The monoisotopic (exact) mass is 200 g/mol. The van der Waals surface area contributed by atoms with E-state index in [2.05, 4.69) is 0 Å². The molecule has 2 radical (unpaired) electrons. The van der Waals surface area contributed by atoms with Crippen molar-refractivity contribution < 1.29 is 53.9 Å². The van der Waals surface area contributed by atoms with Gasteiger partial charge >= 0.3 is 34.1 Å². The standard InChI is InChI=1S/C2H2O4.2Fe/c3-1(4)2(5)6;;/h(H,3,4)(H,5,6);;/q;2*+1/p-2. The van der Waals surface area contributed by atoms with E-state index in [0.717, 1.165) is 0 Å². The van der Waals surface area contributed by atoms with Gasteiger partial charge in [-0.2, -0.15) is 0 Å². The molecule has 0 saturated heterocycles. The van der Waals surface area contributed by atoms with Crippen LogP contribution in [0, 0.1) is 0 Å². The van der Waals surface area contributed by atoms with Gasteiger partial charge in [-0.1, -0.05) is 0 Å². The van der Waals surface area contributed by atoms with Gasteiger partial charge in [0.25, 0.3) is 0 Å². The van der Waals surface area contributed by atoms with E-state index in [1.54, 1.807) is 0 Å². The third-order valence-electron chi connectivity index (χ3n) is 0.167. The van der Waals surface area contributed by atoms with Crippen molar-refractivity contribution >= 4 is 11.9 Å². The van der Waals surface area contributed by atoms with Crippen molar-refractivity contribution in [3.63, 3.8) is 0 Å². The minimum absolute atomic E-state index is 0. The molecule has 8 heavy (non-hydrogen) atoms. The van der Waals surface area contributed by atoms with Gasteiger partial charge < -0.3 is 19.8 Å². The summed E-state index contributed by atoms with van der Waals surface area (Å²) in [6.45, 7) is 0. The Balaban J connectivity index is -0.000000125. The molecule has 0 aromatic rings. The molecule has 48 valence electrons. The van der Waals surface area contributed by atoms with Crippen molar-refractivity contribution in [3.8, 4) is 0 Å². The average Bonchev–Trinajstić information content (AvgIpc) is 1.36. The Kier molecular flexibility index (Phi) is 13.7. The van der Waals surface area contributed by atoms with Gasteiger partial charge in [-0.15, -0.1) is 0 Å². The largest absolute Gasteiger partial charge is 1.00 e. The second-order valence-corrected chi connectivity index (χ2v) is 0.575. The molecule has 0 unspecified atom stereocenters. The van der Waals surface area contributed by atoms with Gasteiger partial charge in [-0.25, -0.2) is 0 Å². The van der Waals surface area contributed by atoms with Crippen LogP contribution < -0.4 is 10.2 Å². The quantitative estimate of drug-likeness (QED) is 0.299.